The van der Waals surface area contributed by atoms with Crippen LogP contribution in [0.1, 0.15) is 0 Å². The van der Waals surface area contributed by atoms with Crippen LogP contribution in [0.15, 0.2) is 22.9 Å². The van der Waals surface area contributed by atoms with Crippen molar-refractivity contribution in [2.24, 2.45) is 0 Å². The van der Waals surface area contributed by atoms with E-state index in [4.69, 9.17) is 23.1 Å². The van der Waals surface area contributed by atoms with Crippen LogP contribution < -0.4 is 11.5 Å². The largest absolute Gasteiger partial charge is 0.397 e. The van der Waals surface area contributed by atoms with Crippen molar-refractivity contribution in [2.75, 3.05) is 11.5 Å². The third kappa shape index (κ3) is 1.74. The Hall–Kier alpha value is -1.27. The highest BCUT2D eigenvalue weighted by molar-refractivity contribution is 9.10. The first-order chi connectivity index (χ1) is 7.50. The molecule has 0 radical (unpaired) electrons. The highest BCUT2D eigenvalue weighted by atomic mass is 79.9. The van der Waals surface area contributed by atoms with Gasteiger partial charge in [0.25, 0.3) is 0 Å². The monoisotopic (exact) mass is 304 g/mol. The molecule has 2 rings (SSSR count). The number of hydrogen-bond acceptors (Lipinski definition) is 3. The molecule has 0 saturated heterocycles. The van der Waals surface area contributed by atoms with Gasteiger partial charge in [0, 0.05) is 6.20 Å². The Kier molecular flexibility index (Phi) is 2.77. The summed E-state index contributed by atoms with van der Waals surface area (Å²) >= 11 is 8.91. The normalized spacial score (nSPS) is 10.7. The summed E-state index contributed by atoms with van der Waals surface area (Å²) in [7, 11) is 0. The summed E-state index contributed by atoms with van der Waals surface area (Å²) in [6.45, 7) is 0. The van der Waals surface area contributed by atoms with Crippen molar-refractivity contribution in [3.63, 3.8) is 0 Å². The molecule has 0 saturated carbocycles. The van der Waals surface area contributed by atoms with Crippen LogP contribution in [0.3, 0.4) is 0 Å². The van der Waals surface area contributed by atoms with Gasteiger partial charge >= 0.3 is 0 Å². The highest BCUT2D eigenvalue weighted by Gasteiger charge is 2.16. The second-order valence-corrected chi connectivity index (χ2v) is 4.43. The van der Waals surface area contributed by atoms with Crippen molar-refractivity contribution in [2.45, 2.75) is 0 Å². The summed E-state index contributed by atoms with van der Waals surface area (Å²) in [5.74, 6) is -0.685. The van der Waals surface area contributed by atoms with Crippen LogP contribution in [-0.2, 0) is 0 Å². The predicted molar refractivity (Wildman–Crippen MR) is 65.1 cm³/mol. The van der Waals surface area contributed by atoms with Gasteiger partial charge in [0.1, 0.15) is 10.7 Å². The van der Waals surface area contributed by atoms with E-state index in [-0.39, 0.29) is 22.1 Å². The smallest absolute Gasteiger partial charge is 0.171 e. The molecular weight excluding hydrogens is 298 g/mol. The summed E-state index contributed by atoms with van der Waals surface area (Å²) in [4.78, 5) is 0. The van der Waals surface area contributed by atoms with Gasteiger partial charge in [-0.2, -0.15) is 5.10 Å². The molecule has 16 heavy (non-hydrogen) atoms. The minimum atomic E-state index is -0.685. The van der Waals surface area contributed by atoms with E-state index in [0.29, 0.717) is 4.47 Å². The predicted octanol–water partition coefficient (Wildman–Crippen LogP) is 2.59. The van der Waals surface area contributed by atoms with E-state index in [2.05, 4.69) is 21.0 Å². The van der Waals surface area contributed by atoms with Crippen LogP contribution in [0.25, 0.3) is 5.69 Å². The Morgan fingerprint density at radius 3 is 2.62 bits per heavy atom. The van der Waals surface area contributed by atoms with Crippen molar-refractivity contribution in [3.8, 4) is 5.69 Å². The van der Waals surface area contributed by atoms with Crippen LogP contribution in [0.5, 0.6) is 0 Å². The van der Waals surface area contributed by atoms with Crippen molar-refractivity contribution in [1.82, 2.24) is 9.78 Å². The van der Waals surface area contributed by atoms with Gasteiger partial charge in [-0.25, -0.2) is 9.07 Å². The van der Waals surface area contributed by atoms with Gasteiger partial charge in [0.05, 0.1) is 22.0 Å². The maximum Gasteiger partial charge on any atom is 0.171 e. The lowest BCUT2D eigenvalue weighted by Gasteiger charge is -2.10. The van der Waals surface area contributed by atoms with Gasteiger partial charge in [0.2, 0.25) is 0 Å². The molecule has 0 amide bonds. The Morgan fingerprint density at radius 1 is 1.38 bits per heavy atom. The fourth-order valence-corrected chi connectivity index (χ4v) is 1.74. The average Bonchev–Trinajstić information content (AvgIpc) is 2.61. The molecule has 84 valence electrons. The van der Waals surface area contributed by atoms with E-state index in [0.717, 1.165) is 0 Å². The first-order valence-electron chi connectivity index (χ1n) is 4.24. The van der Waals surface area contributed by atoms with Crippen LogP contribution in [0, 0.1) is 5.82 Å². The van der Waals surface area contributed by atoms with E-state index in [1.807, 2.05) is 0 Å². The number of nitrogens with zero attached hydrogens (tertiary/aromatic N) is 2. The Bertz CT molecular complexity index is 555. The van der Waals surface area contributed by atoms with Crippen LogP contribution in [0.2, 0.25) is 5.02 Å². The molecule has 0 aliphatic rings. The third-order valence-corrected chi connectivity index (χ3v) is 2.81. The summed E-state index contributed by atoms with van der Waals surface area (Å²) < 4.78 is 15.8. The third-order valence-electron chi connectivity index (χ3n) is 2.02. The van der Waals surface area contributed by atoms with E-state index >= 15 is 0 Å². The first-order valence-corrected chi connectivity index (χ1v) is 5.41. The molecule has 2 aromatic rings. The summed E-state index contributed by atoms with van der Waals surface area (Å²) in [6.07, 6.45) is 3.09. The minimum absolute atomic E-state index is 0.0879. The summed E-state index contributed by atoms with van der Waals surface area (Å²) in [5, 5.41) is 3.77. The first kappa shape index (κ1) is 11.2. The van der Waals surface area contributed by atoms with Crippen molar-refractivity contribution in [3.05, 3.63) is 33.8 Å². The van der Waals surface area contributed by atoms with Crippen LogP contribution in [-0.4, -0.2) is 9.78 Å². The number of aromatic nitrogens is 2. The van der Waals surface area contributed by atoms with E-state index in [1.165, 1.54) is 16.9 Å². The lowest BCUT2D eigenvalue weighted by molar-refractivity contribution is 0.613. The molecule has 1 aromatic heterocycles. The number of rotatable bonds is 1. The number of nitrogen functional groups attached to an aromatic ring is 2. The zero-order chi connectivity index (χ0) is 11.9. The highest BCUT2D eigenvalue weighted by Crippen LogP contribution is 2.32. The Balaban J connectivity index is 2.70. The van der Waals surface area contributed by atoms with Gasteiger partial charge in [0.15, 0.2) is 5.82 Å². The van der Waals surface area contributed by atoms with E-state index in [9.17, 15) is 4.39 Å². The second kappa shape index (κ2) is 3.95. The maximum absolute atomic E-state index is 13.9. The summed E-state index contributed by atoms with van der Waals surface area (Å²) in [5.41, 5.74) is 11.5. The molecule has 4 nitrogen and oxygen atoms in total. The molecule has 0 aliphatic carbocycles. The zero-order valence-corrected chi connectivity index (χ0v) is 10.3. The van der Waals surface area contributed by atoms with E-state index in [1.54, 1.807) is 6.20 Å². The topological polar surface area (TPSA) is 69.9 Å². The van der Waals surface area contributed by atoms with Gasteiger partial charge in [-0.15, -0.1) is 0 Å². The molecule has 0 fully saturated rings. The number of nitrogens with two attached hydrogens (primary N) is 2. The molecule has 0 atom stereocenters. The lowest BCUT2D eigenvalue weighted by atomic mass is 10.2. The number of anilines is 2. The SMILES string of the molecule is Nc1cc(N)c(-n2cc(Br)cn2)c(F)c1Cl. The van der Waals surface area contributed by atoms with Crippen molar-refractivity contribution < 1.29 is 4.39 Å². The quantitative estimate of drug-likeness (QED) is 0.796. The summed E-state index contributed by atoms with van der Waals surface area (Å²) in [6, 6.07) is 1.40. The minimum Gasteiger partial charge on any atom is -0.397 e. The molecular formula is C9H7BrClFN4. The van der Waals surface area contributed by atoms with Crippen molar-refractivity contribution in [1.29, 1.82) is 0 Å². The standard InChI is InChI=1S/C9H7BrClFN4/c10-4-2-15-16(3-4)9-6(14)1-5(13)7(11)8(9)12/h1-3H,13-14H2. The van der Waals surface area contributed by atoms with Gasteiger partial charge < -0.3 is 11.5 Å². The van der Waals surface area contributed by atoms with Gasteiger partial charge in [-0.1, -0.05) is 11.6 Å². The fourth-order valence-electron chi connectivity index (χ4n) is 1.31. The molecule has 1 aromatic carbocycles. The number of hydrogen-bond donors (Lipinski definition) is 2. The van der Waals surface area contributed by atoms with Crippen LogP contribution in [0.4, 0.5) is 15.8 Å². The van der Waals surface area contributed by atoms with Crippen LogP contribution >= 0.6 is 27.5 Å². The lowest BCUT2D eigenvalue weighted by Crippen LogP contribution is -2.05. The average molecular weight is 306 g/mol. The van der Waals surface area contributed by atoms with Gasteiger partial charge in [-0.05, 0) is 22.0 Å². The molecule has 4 N–H and O–H groups in total. The van der Waals surface area contributed by atoms with Crippen molar-refractivity contribution >= 4 is 38.9 Å². The van der Waals surface area contributed by atoms with Gasteiger partial charge in [-0.3, -0.25) is 0 Å². The number of halogens is 3. The Morgan fingerprint density at radius 2 is 2.06 bits per heavy atom. The Labute approximate surface area is 104 Å². The molecule has 0 spiro atoms. The molecule has 0 unspecified atom stereocenters. The molecule has 1 heterocycles. The second-order valence-electron chi connectivity index (χ2n) is 3.13. The molecule has 0 aliphatic heterocycles. The van der Waals surface area contributed by atoms with E-state index < -0.39 is 5.82 Å². The fraction of sp³-hybridized carbons (Fsp3) is 0. The molecule has 0 bridgehead atoms. The zero-order valence-electron chi connectivity index (χ0n) is 7.92. The molecule has 7 heteroatoms. The number of benzene rings is 1. The maximum atomic E-state index is 13.9.